The maximum absolute atomic E-state index is 6.15. The molecule has 0 bridgehead atoms. The summed E-state index contributed by atoms with van der Waals surface area (Å²) in [6, 6.07) is 11.3. The monoisotopic (exact) mass is 344 g/mol. The highest BCUT2D eigenvalue weighted by molar-refractivity contribution is 9.08. The third-order valence-corrected chi connectivity index (χ3v) is 3.69. The average Bonchev–Trinajstić information content (AvgIpc) is 2.34. The van der Waals surface area contributed by atoms with Gasteiger partial charge in [0, 0.05) is 10.9 Å². The first-order valence-electron chi connectivity index (χ1n) is 5.39. The minimum atomic E-state index is 0.573. The summed E-state index contributed by atoms with van der Waals surface area (Å²) in [6.07, 6.45) is 0. The third-order valence-electron chi connectivity index (χ3n) is 2.49. The molecule has 18 heavy (non-hydrogen) atoms. The van der Waals surface area contributed by atoms with Crippen LogP contribution in [0.15, 0.2) is 36.4 Å². The maximum atomic E-state index is 6.15. The summed E-state index contributed by atoms with van der Waals surface area (Å²) < 4.78 is 5.82. The van der Waals surface area contributed by atoms with Crippen LogP contribution >= 0.6 is 39.1 Å². The summed E-state index contributed by atoms with van der Waals surface area (Å²) in [7, 11) is 0. The Kier molecular flexibility index (Phi) is 4.55. The number of benzene rings is 2. The molecular weight excluding hydrogens is 335 g/mol. The third kappa shape index (κ3) is 3.00. The SMILES string of the molecule is Cc1ccc(Oc2c(Cl)cccc2CBr)c(Cl)c1. The molecule has 2 rings (SSSR count). The Bertz CT molecular complexity index is 570. The van der Waals surface area contributed by atoms with Crippen LogP contribution in [0.5, 0.6) is 11.5 Å². The van der Waals surface area contributed by atoms with Crippen LogP contribution in [0, 0.1) is 6.92 Å². The Morgan fingerprint density at radius 2 is 1.89 bits per heavy atom. The van der Waals surface area contributed by atoms with Crippen molar-refractivity contribution in [2.75, 3.05) is 0 Å². The van der Waals surface area contributed by atoms with E-state index >= 15 is 0 Å². The number of ether oxygens (including phenoxy) is 1. The predicted molar refractivity (Wildman–Crippen MR) is 80.3 cm³/mol. The van der Waals surface area contributed by atoms with E-state index in [0.717, 1.165) is 11.1 Å². The van der Waals surface area contributed by atoms with Gasteiger partial charge in [-0.3, -0.25) is 0 Å². The lowest BCUT2D eigenvalue weighted by molar-refractivity contribution is 0.479. The summed E-state index contributed by atoms with van der Waals surface area (Å²) in [5, 5.41) is 1.82. The second-order valence-corrected chi connectivity index (χ2v) is 5.27. The van der Waals surface area contributed by atoms with Crippen molar-refractivity contribution in [2.24, 2.45) is 0 Å². The van der Waals surface area contributed by atoms with E-state index < -0.39 is 0 Å². The minimum Gasteiger partial charge on any atom is -0.454 e. The fourth-order valence-corrected chi connectivity index (χ4v) is 2.52. The molecule has 0 heterocycles. The van der Waals surface area contributed by atoms with Crippen LogP contribution in [0.3, 0.4) is 0 Å². The molecule has 2 aromatic carbocycles. The van der Waals surface area contributed by atoms with Crippen molar-refractivity contribution in [1.29, 1.82) is 0 Å². The molecule has 0 amide bonds. The molecule has 0 aliphatic carbocycles. The van der Waals surface area contributed by atoms with Crippen LogP contribution in [0.2, 0.25) is 10.0 Å². The average molecular weight is 346 g/mol. The van der Waals surface area contributed by atoms with Crippen molar-refractivity contribution in [3.8, 4) is 11.5 Å². The highest BCUT2D eigenvalue weighted by Crippen LogP contribution is 2.37. The molecule has 1 nitrogen and oxygen atoms in total. The molecule has 0 unspecified atom stereocenters. The van der Waals surface area contributed by atoms with Crippen LogP contribution in [-0.4, -0.2) is 0 Å². The topological polar surface area (TPSA) is 9.23 Å². The van der Waals surface area contributed by atoms with Gasteiger partial charge in [-0.2, -0.15) is 0 Å². The lowest BCUT2D eigenvalue weighted by Gasteiger charge is -2.12. The van der Waals surface area contributed by atoms with E-state index in [-0.39, 0.29) is 0 Å². The van der Waals surface area contributed by atoms with Gasteiger partial charge in [0.05, 0.1) is 10.0 Å². The zero-order valence-corrected chi connectivity index (χ0v) is 12.8. The van der Waals surface area contributed by atoms with E-state index in [4.69, 9.17) is 27.9 Å². The van der Waals surface area contributed by atoms with Gasteiger partial charge in [-0.05, 0) is 30.7 Å². The van der Waals surface area contributed by atoms with Crippen molar-refractivity contribution >= 4 is 39.1 Å². The van der Waals surface area contributed by atoms with Crippen LogP contribution in [-0.2, 0) is 5.33 Å². The summed E-state index contributed by atoms with van der Waals surface area (Å²) in [4.78, 5) is 0. The van der Waals surface area contributed by atoms with Gasteiger partial charge in [0.15, 0.2) is 0 Å². The number of hydrogen-bond donors (Lipinski definition) is 0. The summed E-state index contributed by atoms with van der Waals surface area (Å²) in [6.45, 7) is 1.98. The number of aryl methyl sites for hydroxylation is 1. The zero-order valence-electron chi connectivity index (χ0n) is 9.71. The standard InChI is InChI=1S/C14H11BrCl2O/c1-9-5-6-13(12(17)7-9)18-14-10(8-15)3-2-4-11(14)16/h2-7H,8H2,1H3. The van der Waals surface area contributed by atoms with Crippen LogP contribution in [0.25, 0.3) is 0 Å². The van der Waals surface area contributed by atoms with Gasteiger partial charge >= 0.3 is 0 Å². The van der Waals surface area contributed by atoms with Crippen molar-refractivity contribution in [3.63, 3.8) is 0 Å². The first kappa shape index (κ1) is 13.7. The van der Waals surface area contributed by atoms with Gasteiger partial charge in [-0.25, -0.2) is 0 Å². The van der Waals surface area contributed by atoms with Crippen molar-refractivity contribution < 1.29 is 4.74 Å². The molecule has 0 N–H and O–H groups in total. The molecule has 0 spiro atoms. The molecule has 2 aromatic rings. The lowest BCUT2D eigenvalue weighted by atomic mass is 10.2. The Morgan fingerprint density at radius 1 is 1.11 bits per heavy atom. The maximum Gasteiger partial charge on any atom is 0.150 e. The molecule has 0 saturated heterocycles. The molecule has 0 saturated carbocycles. The van der Waals surface area contributed by atoms with Gasteiger partial charge in [0.25, 0.3) is 0 Å². The number of para-hydroxylation sites is 1. The largest absolute Gasteiger partial charge is 0.454 e. The molecule has 0 aromatic heterocycles. The summed E-state index contributed by atoms with van der Waals surface area (Å²) >= 11 is 15.7. The van der Waals surface area contributed by atoms with Crippen LogP contribution in [0.1, 0.15) is 11.1 Å². The van der Waals surface area contributed by atoms with E-state index in [1.165, 1.54) is 0 Å². The zero-order chi connectivity index (χ0) is 13.1. The van der Waals surface area contributed by atoms with Gasteiger partial charge in [-0.1, -0.05) is 57.3 Å². The van der Waals surface area contributed by atoms with Crippen molar-refractivity contribution in [2.45, 2.75) is 12.3 Å². The second-order valence-electron chi connectivity index (χ2n) is 3.90. The minimum absolute atomic E-state index is 0.573. The summed E-state index contributed by atoms with van der Waals surface area (Å²) in [5.41, 5.74) is 2.08. The molecular formula is C14H11BrCl2O. The number of halogens is 3. The summed E-state index contributed by atoms with van der Waals surface area (Å²) in [5.74, 6) is 1.25. The smallest absolute Gasteiger partial charge is 0.150 e. The molecule has 94 valence electrons. The van der Waals surface area contributed by atoms with E-state index in [9.17, 15) is 0 Å². The Morgan fingerprint density at radius 3 is 2.56 bits per heavy atom. The Hall–Kier alpha value is -0.700. The number of alkyl halides is 1. The highest BCUT2D eigenvalue weighted by atomic mass is 79.9. The first-order valence-corrected chi connectivity index (χ1v) is 7.27. The van der Waals surface area contributed by atoms with Crippen LogP contribution in [0.4, 0.5) is 0 Å². The molecule has 0 aliphatic rings. The molecule has 0 atom stereocenters. The quantitative estimate of drug-likeness (QED) is 0.621. The van der Waals surface area contributed by atoms with E-state index in [1.807, 2.05) is 37.3 Å². The van der Waals surface area contributed by atoms with E-state index in [1.54, 1.807) is 6.07 Å². The highest BCUT2D eigenvalue weighted by Gasteiger charge is 2.10. The second kappa shape index (κ2) is 5.96. The van der Waals surface area contributed by atoms with E-state index in [0.29, 0.717) is 26.9 Å². The molecule has 0 aliphatic heterocycles. The first-order chi connectivity index (χ1) is 8.61. The lowest BCUT2D eigenvalue weighted by Crippen LogP contribution is -1.91. The normalized spacial score (nSPS) is 10.4. The predicted octanol–water partition coefficient (Wildman–Crippen LogP) is 5.99. The van der Waals surface area contributed by atoms with Gasteiger partial charge in [0.1, 0.15) is 11.5 Å². The van der Waals surface area contributed by atoms with E-state index in [2.05, 4.69) is 15.9 Å². The van der Waals surface area contributed by atoms with Gasteiger partial charge in [0.2, 0.25) is 0 Å². The van der Waals surface area contributed by atoms with Crippen molar-refractivity contribution in [3.05, 3.63) is 57.6 Å². The fraction of sp³-hybridized carbons (Fsp3) is 0.143. The Labute approximate surface area is 125 Å². The number of hydrogen-bond acceptors (Lipinski definition) is 1. The fourth-order valence-electron chi connectivity index (χ4n) is 1.57. The van der Waals surface area contributed by atoms with Crippen molar-refractivity contribution in [1.82, 2.24) is 0 Å². The van der Waals surface area contributed by atoms with Gasteiger partial charge in [-0.15, -0.1) is 0 Å². The molecule has 4 heteroatoms. The molecule has 0 radical (unpaired) electrons. The Balaban J connectivity index is 2.39. The van der Waals surface area contributed by atoms with Crippen LogP contribution < -0.4 is 4.74 Å². The molecule has 0 fully saturated rings. The van der Waals surface area contributed by atoms with Gasteiger partial charge < -0.3 is 4.74 Å². The number of rotatable bonds is 3.